The van der Waals surface area contributed by atoms with Crippen molar-refractivity contribution in [2.24, 2.45) is 0 Å². The summed E-state index contributed by atoms with van der Waals surface area (Å²) < 4.78 is 5.32. The molecule has 2 heterocycles. The van der Waals surface area contributed by atoms with Gasteiger partial charge in [0.2, 0.25) is 11.7 Å². The molecule has 1 aromatic heterocycles. The van der Waals surface area contributed by atoms with Gasteiger partial charge in [0, 0.05) is 22.0 Å². The fraction of sp³-hybridized carbons (Fsp3) is 0.500. The maximum absolute atomic E-state index is 6.00. The van der Waals surface area contributed by atoms with E-state index in [9.17, 15) is 0 Å². The third-order valence-electron chi connectivity index (χ3n) is 3.90. The molecule has 22 heavy (non-hydrogen) atoms. The number of rotatable bonds is 5. The molecule has 1 aliphatic heterocycles. The highest BCUT2D eigenvalue weighted by Gasteiger charge is 2.12. The van der Waals surface area contributed by atoms with Gasteiger partial charge < -0.3 is 9.42 Å². The second-order valence-electron chi connectivity index (χ2n) is 5.68. The number of benzene rings is 1. The van der Waals surface area contributed by atoms with Gasteiger partial charge in [-0.2, -0.15) is 4.98 Å². The quantitative estimate of drug-likeness (QED) is 0.806. The van der Waals surface area contributed by atoms with E-state index in [0.717, 1.165) is 24.9 Å². The molecular weight excluding hydrogens is 321 g/mol. The molecule has 0 spiro atoms. The van der Waals surface area contributed by atoms with E-state index in [4.69, 9.17) is 27.7 Å². The van der Waals surface area contributed by atoms with Crippen LogP contribution in [0.3, 0.4) is 0 Å². The van der Waals surface area contributed by atoms with Crippen molar-refractivity contribution in [1.82, 2.24) is 15.0 Å². The fourth-order valence-electron chi connectivity index (χ4n) is 2.79. The highest BCUT2D eigenvalue weighted by molar-refractivity contribution is 6.35. The van der Waals surface area contributed by atoms with Crippen molar-refractivity contribution in [2.75, 3.05) is 19.6 Å². The summed E-state index contributed by atoms with van der Waals surface area (Å²) in [5.74, 6) is 1.21. The minimum absolute atomic E-state index is 0.539. The topological polar surface area (TPSA) is 42.2 Å². The van der Waals surface area contributed by atoms with E-state index in [1.807, 2.05) is 0 Å². The molecule has 1 fully saturated rings. The van der Waals surface area contributed by atoms with Crippen molar-refractivity contribution in [2.45, 2.75) is 32.1 Å². The highest BCUT2D eigenvalue weighted by atomic mass is 35.5. The Morgan fingerprint density at radius 1 is 1.05 bits per heavy atom. The Morgan fingerprint density at radius 2 is 1.77 bits per heavy atom. The number of hydrogen-bond donors (Lipinski definition) is 0. The van der Waals surface area contributed by atoms with Crippen LogP contribution in [0.4, 0.5) is 0 Å². The summed E-state index contributed by atoms with van der Waals surface area (Å²) in [5.41, 5.74) is 0.781. The molecule has 0 unspecified atom stereocenters. The van der Waals surface area contributed by atoms with Crippen LogP contribution in [0.2, 0.25) is 10.0 Å². The minimum atomic E-state index is 0.539. The van der Waals surface area contributed by atoms with E-state index in [1.165, 1.54) is 32.4 Å². The molecular formula is C16H19Cl2N3O. The van der Waals surface area contributed by atoms with Crippen LogP contribution in [0, 0.1) is 0 Å². The van der Waals surface area contributed by atoms with Crippen molar-refractivity contribution in [3.63, 3.8) is 0 Å². The van der Waals surface area contributed by atoms with Crippen LogP contribution in [-0.4, -0.2) is 34.7 Å². The average molecular weight is 340 g/mol. The summed E-state index contributed by atoms with van der Waals surface area (Å²) in [5, 5.41) is 5.15. The van der Waals surface area contributed by atoms with E-state index in [1.54, 1.807) is 18.2 Å². The maximum atomic E-state index is 6.00. The molecule has 0 atom stereocenters. The molecule has 2 aromatic rings. The van der Waals surface area contributed by atoms with Gasteiger partial charge in [-0.1, -0.05) is 34.8 Å². The lowest BCUT2D eigenvalue weighted by atomic mass is 10.1. The van der Waals surface area contributed by atoms with Gasteiger partial charge in [0.25, 0.3) is 0 Å². The number of likely N-dealkylation sites (tertiary alicyclic amines) is 1. The standard InChI is InChI=1S/C16H19Cl2N3O/c17-13-9-12(10-14(18)11-13)16-19-15(22-20-16)5-4-8-21-6-2-1-3-7-21/h9-11H,1-8H2. The summed E-state index contributed by atoms with van der Waals surface area (Å²) in [6.07, 6.45) is 5.85. The Morgan fingerprint density at radius 3 is 2.50 bits per heavy atom. The molecule has 3 rings (SSSR count). The van der Waals surface area contributed by atoms with Gasteiger partial charge >= 0.3 is 0 Å². The first-order valence-electron chi connectivity index (χ1n) is 7.72. The molecule has 0 amide bonds. The van der Waals surface area contributed by atoms with Gasteiger partial charge in [0.1, 0.15) is 0 Å². The molecule has 1 aromatic carbocycles. The Hall–Kier alpha value is -1.10. The summed E-state index contributed by atoms with van der Waals surface area (Å²) in [6.45, 7) is 3.53. The summed E-state index contributed by atoms with van der Waals surface area (Å²) in [6, 6.07) is 5.26. The molecule has 0 bridgehead atoms. The number of piperidine rings is 1. The molecule has 0 radical (unpaired) electrons. The molecule has 1 saturated heterocycles. The lowest BCUT2D eigenvalue weighted by molar-refractivity contribution is 0.223. The van der Waals surface area contributed by atoms with Crippen molar-refractivity contribution in [1.29, 1.82) is 0 Å². The second-order valence-corrected chi connectivity index (χ2v) is 6.55. The zero-order chi connectivity index (χ0) is 15.4. The molecule has 118 valence electrons. The predicted molar refractivity (Wildman–Crippen MR) is 88.4 cm³/mol. The van der Waals surface area contributed by atoms with Gasteiger partial charge in [-0.15, -0.1) is 0 Å². The zero-order valence-corrected chi connectivity index (χ0v) is 13.9. The van der Waals surface area contributed by atoms with Gasteiger partial charge in [0.05, 0.1) is 0 Å². The Balaban J connectivity index is 1.56. The maximum Gasteiger partial charge on any atom is 0.227 e. The first-order valence-corrected chi connectivity index (χ1v) is 8.48. The van der Waals surface area contributed by atoms with Crippen molar-refractivity contribution < 1.29 is 4.52 Å². The second kappa shape index (κ2) is 7.44. The van der Waals surface area contributed by atoms with Crippen molar-refractivity contribution in [3.05, 3.63) is 34.1 Å². The number of aryl methyl sites for hydroxylation is 1. The number of aromatic nitrogens is 2. The predicted octanol–water partition coefficient (Wildman–Crippen LogP) is 4.46. The number of hydrogen-bond acceptors (Lipinski definition) is 4. The van der Waals surface area contributed by atoms with Crippen LogP contribution in [0.25, 0.3) is 11.4 Å². The molecule has 0 saturated carbocycles. The van der Waals surface area contributed by atoms with Crippen LogP contribution >= 0.6 is 23.2 Å². The van der Waals surface area contributed by atoms with E-state index in [2.05, 4.69) is 15.0 Å². The first-order chi connectivity index (χ1) is 10.7. The molecule has 0 N–H and O–H groups in total. The molecule has 1 aliphatic rings. The van der Waals surface area contributed by atoms with Gasteiger partial charge in [-0.05, 0) is 57.1 Å². The van der Waals surface area contributed by atoms with Crippen LogP contribution in [0.1, 0.15) is 31.6 Å². The average Bonchev–Trinajstić information content (AvgIpc) is 2.96. The fourth-order valence-corrected chi connectivity index (χ4v) is 3.32. The van der Waals surface area contributed by atoms with Crippen LogP contribution in [-0.2, 0) is 6.42 Å². The van der Waals surface area contributed by atoms with E-state index < -0.39 is 0 Å². The van der Waals surface area contributed by atoms with Crippen molar-refractivity contribution in [3.8, 4) is 11.4 Å². The molecule has 6 heteroatoms. The Bertz CT molecular complexity index is 603. The normalized spacial score (nSPS) is 16.1. The number of nitrogens with zero attached hydrogens (tertiary/aromatic N) is 3. The Labute approximate surface area is 140 Å². The largest absolute Gasteiger partial charge is 0.339 e. The lowest BCUT2D eigenvalue weighted by Crippen LogP contribution is -2.30. The van der Waals surface area contributed by atoms with Crippen LogP contribution in [0.5, 0.6) is 0 Å². The monoisotopic (exact) mass is 339 g/mol. The molecule has 4 nitrogen and oxygen atoms in total. The van der Waals surface area contributed by atoms with E-state index >= 15 is 0 Å². The first kappa shape index (κ1) is 15.8. The molecule has 0 aliphatic carbocycles. The number of halogens is 2. The van der Waals surface area contributed by atoms with Crippen molar-refractivity contribution >= 4 is 23.2 Å². The smallest absolute Gasteiger partial charge is 0.227 e. The minimum Gasteiger partial charge on any atom is -0.339 e. The summed E-state index contributed by atoms with van der Waals surface area (Å²) in [7, 11) is 0. The SMILES string of the molecule is Clc1cc(Cl)cc(-c2noc(CCCN3CCCCC3)n2)c1. The van der Waals surface area contributed by atoms with E-state index in [-0.39, 0.29) is 0 Å². The van der Waals surface area contributed by atoms with Gasteiger partial charge in [-0.3, -0.25) is 0 Å². The highest BCUT2D eigenvalue weighted by Crippen LogP contribution is 2.25. The summed E-state index contributed by atoms with van der Waals surface area (Å²) >= 11 is 12.0. The van der Waals surface area contributed by atoms with Crippen LogP contribution < -0.4 is 0 Å². The summed E-state index contributed by atoms with van der Waals surface area (Å²) in [4.78, 5) is 6.94. The Kier molecular flexibility index (Phi) is 5.34. The third kappa shape index (κ3) is 4.22. The van der Waals surface area contributed by atoms with Gasteiger partial charge in [0.15, 0.2) is 0 Å². The lowest BCUT2D eigenvalue weighted by Gasteiger charge is -2.25. The van der Waals surface area contributed by atoms with E-state index in [0.29, 0.717) is 21.8 Å². The van der Waals surface area contributed by atoms with Gasteiger partial charge in [-0.25, -0.2) is 0 Å². The van der Waals surface area contributed by atoms with Crippen LogP contribution in [0.15, 0.2) is 22.7 Å². The third-order valence-corrected chi connectivity index (χ3v) is 4.34. The zero-order valence-electron chi connectivity index (χ0n) is 12.4.